The summed E-state index contributed by atoms with van der Waals surface area (Å²) in [6.45, 7) is 2.15. The first-order chi connectivity index (χ1) is 21.5. The van der Waals surface area contributed by atoms with E-state index in [0.717, 1.165) is 61.8 Å². The van der Waals surface area contributed by atoms with Crippen LogP contribution in [0.25, 0.3) is 10.8 Å². The Morgan fingerprint density at radius 1 is 0.822 bits per heavy atom. The predicted octanol–water partition coefficient (Wildman–Crippen LogP) is 5.68. The maximum absolute atomic E-state index is 13.3. The minimum atomic E-state index is -3.00. The minimum absolute atomic E-state index is 0.117. The molecule has 45 heavy (non-hydrogen) atoms. The van der Waals surface area contributed by atoms with Gasteiger partial charge in [0.25, 0.3) is 0 Å². The van der Waals surface area contributed by atoms with Gasteiger partial charge >= 0.3 is 17.9 Å². The maximum atomic E-state index is 13.3. The molecule has 0 unspecified atom stereocenters. The highest BCUT2D eigenvalue weighted by Gasteiger charge is 2.49. The monoisotopic (exact) mass is 625 g/mol. The third-order valence-corrected chi connectivity index (χ3v) is 7.92. The number of allylic oxidation sites excluding steroid dienone is 1. The summed E-state index contributed by atoms with van der Waals surface area (Å²) in [7, 11) is 0. The van der Waals surface area contributed by atoms with Crippen LogP contribution in [0.4, 0.5) is 0 Å². The molecule has 0 aliphatic rings. The van der Waals surface area contributed by atoms with Crippen molar-refractivity contribution < 1.29 is 44.4 Å². The van der Waals surface area contributed by atoms with E-state index in [1.165, 1.54) is 12.5 Å². The number of hydrogen-bond acceptors (Lipinski definition) is 6. The van der Waals surface area contributed by atoms with Crippen molar-refractivity contribution in [3.63, 3.8) is 0 Å². The number of ketones is 1. The van der Waals surface area contributed by atoms with Crippen LogP contribution in [-0.4, -0.2) is 61.7 Å². The third-order valence-electron chi connectivity index (χ3n) is 7.92. The lowest BCUT2D eigenvalue weighted by atomic mass is 9.82. The van der Waals surface area contributed by atoms with Gasteiger partial charge in [-0.25, -0.2) is 9.59 Å². The number of nitrogens with one attached hydrogen (secondary N) is 1. The second kappa shape index (κ2) is 19.4. The van der Waals surface area contributed by atoms with E-state index in [0.29, 0.717) is 31.2 Å². The van der Waals surface area contributed by atoms with Crippen LogP contribution >= 0.6 is 0 Å². The first-order valence-electron chi connectivity index (χ1n) is 15.8. The molecule has 5 N–H and O–H groups in total. The third kappa shape index (κ3) is 12.8. The van der Waals surface area contributed by atoms with E-state index < -0.39 is 47.8 Å². The SMILES string of the molecule is CCCCCCCC(=O)CCCCCC/C=C/[C@H](C(=O)N[C@@H](Cc1ccc2ccccc2c1)C(=O)O)[C@@](O)(CC(=O)O)C(=O)O. The highest BCUT2D eigenvalue weighted by atomic mass is 16.4. The number of carboxylic acid groups (broad SMARTS) is 3. The Morgan fingerprint density at radius 2 is 1.44 bits per heavy atom. The molecule has 2 aromatic carbocycles. The van der Waals surface area contributed by atoms with E-state index in [-0.39, 0.29) is 12.2 Å². The molecule has 10 nitrogen and oxygen atoms in total. The number of fused-ring (bicyclic) bond motifs is 1. The van der Waals surface area contributed by atoms with Gasteiger partial charge in [-0.05, 0) is 42.0 Å². The van der Waals surface area contributed by atoms with Gasteiger partial charge in [0.05, 0.1) is 12.3 Å². The molecule has 10 heteroatoms. The molecule has 246 valence electrons. The molecule has 0 saturated carbocycles. The molecule has 0 aliphatic carbocycles. The van der Waals surface area contributed by atoms with Crippen LogP contribution in [0.15, 0.2) is 54.6 Å². The lowest BCUT2D eigenvalue weighted by Crippen LogP contribution is -2.55. The van der Waals surface area contributed by atoms with Crippen LogP contribution in [0.2, 0.25) is 0 Å². The van der Waals surface area contributed by atoms with Crippen molar-refractivity contribution >= 4 is 40.4 Å². The lowest BCUT2D eigenvalue weighted by Gasteiger charge is -2.29. The summed E-state index contributed by atoms with van der Waals surface area (Å²) in [5.41, 5.74) is -2.39. The quantitative estimate of drug-likeness (QED) is 0.0767. The fourth-order valence-electron chi connectivity index (χ4n) is 5.30. The van der Waals surface area contributed by atoms with Gasteiger partial charge in [0, 0.05) is 19.3 Å². The van der Waals surface area contributed by atoms with Crippen molar-refractivity contribution in [2.45, 2.75) is 108 Å². The number of aliphatic hydroxyl groups is 1. The topological polar surface area (TPSA) is 178 Å². The molecule has 3 atom stereocenters. The van der Waals surface area contributed by atoms with E-state index in [9.17, 15) is 44.4 Å². The average Bonchev–Trinajstić information content (AvgIpc) is 2.99. The van der Waals surface area contributed by atoms with Crippen LogP contribution < -0.4 is 5.32 Å². The van der Waals surface area contributed by atoms with E-state index in [2.05, 4.69) is 12.2 Å². The number of benzene rings is 2. The summed E-state index contributed by atoms with van der Waals surface area (Å²) in [6, 6.07) is 11.4. The van der Waals surface area contributed by atoms with Crippen LogP contribution in [0.3, 0.4) is 0 Å². The number of carbonyl (C=O) groups is 5. The van der Waals surface area contributed by atoms with Crippen molar-refractivity contribution in [1.29, 1.82) is 0 Å². The largest absolute Gasteiger partial charge is 0.481 e. The molecule has 2 aromatic rings. The van der Waals surface area contributed by atoms with Gasteiger partial charge in [0.1, 0.15) is 11.8 Å². The summed E-state index contributed by atoms with van der Waals surface area (Å²) in [4.78, 5) is 60.9. The van der Waals surface area contributed by atoms with Crippen LogP contribution in [-0.2, 0) is 30.4 Å². The average molecular weight is 626 g/mol. The van der Waals surface area contributed by atoms with Gasteiger partial charge in [0.2, 0.25) is 5.91 Å². The smallest absolute Gasteiger partial charge is 0.337 e. The number of unbranched alkanes of at least 4 members (excludes halogenated alkanes) is 8. The fourth-order valence-corrected chi connectivity index (χ4v) is 5.30. The number of carboxylic acids is 3. The van der Waals surface area contributed by atoms with E-state index in [4.69, 9.17) is 0 Å². The molecule has 0 aromatic heterocycles. The van der Waals surface area contributed by atoms with Gasteiger partial charge in [0.15, 0.2) is 5.60 Å². The molecular formula is C35H47NO9. The van der Waals surface area contributed by atoms with E-state index in [1.54, 1.807) is 12.1 Å². The molecule has 0 fully saturated rings. The lowest BCUT2D eigenvalue weighted by molar-refractivity contribution is -0.172. The molecule has 2 rings (SSSR count). The van der Waals surface area contributed by atoms with Crippen molar-refractivity contribution in [3.05, 3.63) is 60.2 Å². The predicted molar refractivity (Wildman–Crippen MR) is 171 cm³/mol. The van der Waals surface area contributed by atoms with Crippen molar-refractivity contribution in [2.24, 2.45) is 5.92 Å². The van der Waals surface area contributed by atoms with E-state index in [1.807, 2.05) is 30.3 Å². The number of amides is 1. The number of rotatable bonds is 23. The van der Waals surface area contributed by atoms with Gasteiger partial charge in [-0.1, -0.05) is 100 Å². The minimum Gasteiger partial charge on any atom is -0.481 e. The number of carbonyl (C=O) groups excluding carboxylic acids is 2. The molecule has 0 spiro atoms. The highest BCUT2D eigenvalue weighted by Crippen LogP contribution is 2.26. The van der Waals surface area contributed by atoms with Crippen molar-refractivity contribution in [2.75, 3.05) is 0 Å². The van der Waals surface area contributed by atoms with Crippen LogP contribution in [0.1, 0.15) is 96.0 Å². The number of aliphatic carboxylic acids is 3. The molecule has 0 heterocycles. The molecule has 1 amide bonds. The normalized spacial score (nSPS) is 14.1. The zero-order valence-electron chi connectivity index (χ0n) is 26.1. The number of hydrogen-bond donors (Lipinski definition) is 5. The van der Waals surface area contributed by atoms with Crippen LogP contribution in [0.5, 0.6) is 0 Å². The second-order valence-corrected chi connectivity index (χ2v) is 11.6. The van der Waals surface area contributed by atoms with Crippen LogP contribution in [0, 0.1) is 5.92 Å². The van der Waals surface area contributed by atoms with Crippen molar-refractivity contribution in [3.8, 4) is 0 Å². The Bertz CT molecular complexity index is 1320. The van der Waals surface area contributed by atoms with Gasteiger partial charge in [-0.3, -0.25) is 14.4 Å². The summed E-state index contributed by atoms with van der Waals surface area (Å²) in [5, 5.41) is 43.9. The van der Waals surface area contributed by atoms with Gasteiger partial charge in [-0.15, -0.1) is 0 Å². The van der Waals surface area contributed by atoms with Gasteiger partial charge < -0.3 is 25.7 Å². The summed E-state index contributed by atoms with van der Waals surface area (Å²) in [6.07, 6.45) is 11.4. The molecular weight excluding hydrogens is 578 g/mol. The Hall–Kier alpha value is -4.05. The summed E-state index contributed by atoms with van der Waals surface area (Å²) in [5.74, 6) is -7.62. The first-order valence-corrected chi connectivity index (χ1v) is 15.8. The second-order valence-electron chi connectivity index (χ2n) is 11.6. The molecule has 0 bridgehead atoms. The zero-order valence-corrected chi connectivity index (χ0v) is 26.1. The Labute approximate surface area is 264 Å². The zero-order chi connectivity index (χ0) is 33.2. The highest BCUT2D eigenvalue weighted by molar-refractivity contribution is 5.94. The fraction of sp³-hybridized carbons (Fsp3) is 0.514. The maximum Gasteiger partial charge on any atom is 0.337 e. The van der Waals surface area contributed by atoms with Gasteiger partial charge in [-0.2, -0.15) is 0 Å². The Morgan fingerprint density at radius 3 is 2.04 bits per heavy atom. The Balaban J connectivity index is 2.01. The molecule has 0 saturated heterocycles. The summed E-state index contributed by atoms with van der Waals surface area (Å²) < 4.78 is 0. The number of Topliss-reactive ketones (excluding diaryl/α,β-unsaturated/α-hetero) is 1. The molecule has 0 radical (unpaired) electrons. The Kier molecular flexibility index (Phi) is 16.0. The first kappa shape index (κ1) is 37.1. The summed E-state index contributed by atoms with van der Waals surface area (Å²) >= 11 is 0. The van der Waals surface area contributed by atoms with Crippen molar-refractivity contribution in [1.82, 2.24) is 5.32 Å². The van der Waals surface area contributed by atoms with E-state index >= 15 is 0 Å². The molecule has 0 aliphatic heterocycles. The standard InChI is InChI=1S/C35H47NO9/c1-2-3-4-7-10-17-28(37)18-11-8-5-6-9-12-19-29(35(45,34(43)44)24-31(38)39)32(40)36-30(33(41)42)23-25-20-21-26-15-13-14-16-27(26)22-25/h12-16,19-22,29-30,45H,2-11,17-18,23-24H2,1H3,(H,36,40)(H,38,39)(H,41,42)(H,43,44)/b19-12+/t29-,30+,35+/m1/s1.